The highest BCUT2D eigenvalue weighted by atomic mass is 16.5. The van der Waals surface area contributed by atoms with Gasteiger partial charge in [-0.3, -0.25) is 4.99 Å². The smallest absolute Gasteiger partial charge is 0.193 e. The Balaban J connectivity index is 1.45. The second-order valence-corrected chi connectivity index (χ2v) is 8.30. The molecule has 1 unspecified atom stereocenters. The number of benzene rings is 1. The monoisotopic (exact) mass is 417 g/mol. The number of nitrogens with one attached hydrogen (secondary N) is 1. The molecule has 0 aliphatic carbocycles. The van der Waals surface area contributed by atoms with E-state index in [1.165, 1.54) is 24.0 Å². The van der Waals surface area contributed by atoms with Gasteiger partial charge in [0.15, 0.2) is 5.96 Å². The normalized spacial score (nSPS) is 21.0. The van der Waals surface area contributed by atoms with Crippen LogP contribution >= 0.6 is 0 Å². The zero-order valence-corrected chi connectivity index (χ0v) is 19.0. The van der Waals surface area contributed by atoms with E-state index in [1.54, 1.807) is 7.11 Å². The second kappa shape index (κ2) is 12.2. The standard InChI is InChI=1S/C24H39N3O3/c1-4-25-24(26-13-10-20-9-8-19(2)23(17-20)28-3)27-14-11-21(12-15-27)30-18-22-7-5-6-16-29-22/h8-9,17,21-22H,4-7,10-16,18H2,1-3H3,(H,25,26). The predicted molar refractivity (Wildman–Crippen MR) is 122 cm³/mol. The van der Waals surface area contributed by atoms with Gasteiger partial charge in [-0.25, -0.2) is 0 Å². The van der Waals surface area contributed by atoms with Gasteiger partial charge in [-0.1, -0.05) is 12.1 Å². The molecule has 6 nitrogen and oxygen atoms in total. The summed E-state index contributed by atoms with van der Waals surface area (Å²) in [6.45, 7) is 9.46. The molecule has 30 heavy (non-hydrogen) atoms. The van der Waals surface area contributed by atoms with Gasteiger partial charge in [-0.2, -0.15) is 0 Å². The lowest BCUT2D eigenvalue weighted by Gasteiger charge is -2.35. The number of likely N-dealkylation sites (tertiary alicyclic amines) is 1. The molecule has 0 aromatic heterocycles. The molecule has 2 saturated heterocycles. The van der Waals surface area contributed by atoms with Crippen LogP contribution in [0.1, 0.15) is 50.2 Å². The summed E-state index contributed by atoms with van der Waals surface area (Å²) >= 11 is 0. The lowest BCUT2D eigenvalue weighted by molar-refractivity contribution is -0.0721. The fraction of sp³-hybridized carbons (Fsp3) is 0.708. The Morgan fingerprint density at radius 3 is 2.77 bits per heavy atom. The Morgan fingerprint density at radius 2 is 2.07 bits per heavy atom. The summed E-state index contributed by atoms with van der Waals surface area (Å²) in [5.74, 6) is 1.97. The summed E-state index contributed by atoms with van der Waals surface area (Å²) < 4.78 is 17.4. The molecule has 2 aliphatic heterocycles. The maximum absolute atomic E-state index is 6.16. The van der Waals surface area contributed by atoms with Crippen LogP contribution in [0.3, 0.4) is 0 Å². The van der Waals surface area contributed by atoms with E-state index >= 15 is 0 Å². The molecule has 168 valence electrons. The average Bonchev–Trinajstić information content (AvgIpc) is 2.79. The van der Waals surface area contributed by atoms with Crippen molar-refractivity contribution in [2.75, 3.05) is 46.5 Å². The molecule has 2 fully saturated rings. The third-order valence-electron chi connectivity index (χ3n) is 6.00. The molecule has 1 aromatic carbocycles. The topological polar surface area (TPSA) is 55.3 Å². The van der Waals surface area contributed by atoms with Crippen molar-refractivity contribution in [3.05, 3.63) is 29.3 Å². The number of hydrogen-bond donors (Lipinski definition) is 1. The number of aryl methyl sites for hydroxylation is 1. The van der Waals surface area contributed by atoms with Crippen molar-refractivity contribution in [1.82, 2.24) is 10.2 Å². The van der Waals surface area contributed by atoms with E-state index in [2.05, 4.69) is 42.3 Å². The highest BCUT2D eigenvalue weighted by Gasteiger charge is 2.23. The largest absolute Gasteiger partial charge is 0.496 e. The van der Waals surface area contributed by atoms with Gasteiger partial charge in [0.1, 0.15) is 5.75 Å². The van der Waals surface area contributed by atoms with E-state index in [0.29, 0.717) is 12.2 Å². The molecule has 0 radical (unpaired) electrons. The van der Waals surface area contributed by atoms with E-state index in [1.807, 2.05) is 0 Å². The van der Waals surface area contributed by atoms with Gasteiger partial charge in [-0.15, -0.1) is 0 Å². The molecule has 2 aliphatic rings. The van der Waals surface area contributed by atoms with E-state index in [-0.39, 0.29) is 0 Å². The molecule has 0 saturated carbocycles. The van der Waals surface area contributed by atoms with Crippen molar-refractivity contribution in [1.29, 1.82) is 0 Å². The van der Waals surface area contributed by atoms with E-state index < -0.39 is 0 Å². The van der Waals surface area contributed by atoms with Crippen LogP contribution in [0, 0.1) is 6.92 Å². The molecule has 1 atom stereocenters. The highest BCUT2D eigenvalue weighted by Crippen LogP contribution is 2.20. The van der Waals surface area contributed by atoms with E-state index in [4.69, 9.17) is 19.2 Å². The molecule has 3 rings (SSSR count). The second-order valence-electron chi connectivity index (χ2n) is 8.30. The van der Waals surface area contributed by atoms with Crippen LogP contribution in [-0.2, 0) is 15.9 Å². The van der Waals surface area contributed by atoms with Crippen LogP contribution in [0.5, 0.6) is 5.75 Å². The quantitative estimate of drug-likeness (QED) is 0.518. The van der Waals surface area contributed by atoms with E-state index in [0.717, 1.165) is 76.8 Å². The maximum Gasteiger partial charge on any atom is 0.193 e. The van der Waals surface area contributed by atoms with Gasteiger partial charge in [0.05, 0.1) is 25.9 Å². The first-order valence-corrected chi connectivity index (χ1v) is 11.6. The van der Waals surface area contributed by atoms with Crippen LogP contribution in [0.4, 0.5) is 0 Å². The van der Waals surface area contributed by atoms with Crippen LogP contribution in [0.2, 0.25) is 0 Å². The van der Waals surface area contributed by atoms with Crippen molar-refractivity contribution in [2.24, 2.45) is 4.99 Å². The summed E-state index contributed by atoms with van der Waals surface area (Å²) in [6.07, 6.45) is 7.25. The minimum Gasteiger partial charge on any atom is -0.496 e. The fourth-order valence-corrected chi connectivity index (χ4v) is 4.15. The Labute approximate surface area is 182 Å². The van der Waals surface area contributed by atoms with Gasteiger partial charge in [0.2, 0.25) is 0 Å². The van der Waals surface area contributed by atoms with Gasteiger partial charge < -0.3 is 24.4 Å². The number of ether oxygens (including phenoxy) is 3. The molecule has 2 heterocycles. The number of nitrogens with zero attached hydrogens (tertiary/aromatic N) is 2. The zero-order valence-electron chi connectivity index (χ0n) is 19.0. The van der Waals surface area contributed by atoms with Crippen molar-refractivity contribution in [3.8, 4) is 5.75 Å². The summed E-state index contributed by atoms with van der Waals surface area (Å²) in [5.41, 5.74) is 2.42. The molecule has 0 bridgehead atoms. The summed E-state index contributed by atoms with van der Waals surface area (Å²) in [6, 6.07) is 6.40. The highest BCUT2D eigenvalue weighted by molar-refractivity contribution is 5.80. The Kier molecular flexibility index (Phi) is 9.27. The van der Waals surface area contributed by atoms with Crippen molar-refractivity contribution >= 4 is 5.96 Å². The summed E-state index contributed by atoms with van der Waals surface area (Å²) in [5, 5.41) is 3.46. The summed E-state index contributed by atoms with van der Waals surface area (Å²) in [7, 11) is 1.73. The number of piperidine rings is 1. The minimum atomic E-state index is 0.302. The van der Waals surface area contributed by atoms with Crippen molar-refractivity contribution in [2.45, 2.75) is 64.6 Å². The molecular formula is C24H39N3O3. The molecular weight excluding hydrogens is 378 g/mol. The first-order valence-electron chi connectivity index (χ1n) is 11.6. The number of rotatable bonds is 8. The SMILES string of the molecule is CCNC(=NCCc1ccc(C)c(OC)c1)N1CCC(OCC2CCCCO2)CC1. The minimum absolute atomic E-state index is 0.302. The summed E-state index contributed by atoms with van der Waals surface area (Å²) in [4.78, 5) is 7.26. The molecule has 6 heteroatoms. The van der Waals surface area contributed by atoms with Crippen molar-refractivity contribution in [3.63, 3.8) is 0 Å². The lowest BCUT2D eigenvalue weighted by Crippen LogP contribution is -2.47. The first-order chi connectivity index (χ1) is 14.7. The molecule has 0 spiro atoms. The predicted octanol–water partition coefficient (Wildman–Crippen LogP) is 3.56. The number of aliphatic imine (C=N–C) groups is 1. The lowest BCUT2D eigenvalue weighted by atomic mass is 10.1. The van der Waals surface area contributed by atoms with Crippen LogP contribution in [0.15, 0.2) is 23.2 Å². The van der Waals surface area contributed by atoms with Crippen LogP contribution < -0.4 is 10.1 Å². The average molecular weight is 418 g/mol. The van der Waals surface area contributed by atoms with Gasteiger partial charge >= 0.3 is 0 Å². The third-order valence-corrected chi connectivity index (χ3v) is 6.00. The zero-order chi connectivity index (χ0) is 21.2. The number of hydrogen-bond acceptors (Lipinski definition) is 4. The first kappa shape index (κ1) is 22.9. The van der Waals surface area contributed by atoms with Gasteiger partial charge in [0.25, 0.3) is 0 Å². The van der Waals surface area contributed by atoms with Crippen LogP contribution in [0.25, 0.3) is 0 Å². The van der Waals surface area contributed by atoms with E-state index in [9.17, 15) is 0 Å². The Bertz CT molecular complexity index is 666. The van der Waals surface area contributed by atoms with Gasteiger partial charge in [0, 0.05) is 32.8 Å². The molecule has 0 amide bonds. The molecule has 1 N–H and O–H groups in total. The maximum atomic E-state index is 6.16. The van der Waals surface area contributed by atoms with Crippen molar-refractivity contribution < 1.29 is 14.2 Å². The number of guanidine groups is 1. The van der Waals surface area contributed by atoms with Gasteiger partial charge in [-0.05, 0) is 69.6 Å². The Hall–Kier alpha value is -1.79. The van der Waals surface area contributed by atoms with Crippen LogP contribution in [-0.4, -0.2) is 69.6 Å². The fourth-order valence-electron chi connectivity index (χ4n) is 4.15. The Morgan fingerprint density at radius 1 is 1.23 bits per heavy atom. The molecule has 1 aromatic rings. The number of methoxy groups -OCH3 is 1. The third kappa shape index (κ3) is 6.88.